The lowest BCUT2D eigenvalue weighted by Gasteiger charge is -2.22. The van der Waals surface area contributed by atoms with Gasteiger partial charge in [0.15, 0.2) is 0 Å². The molecule has 2 nitrogen and oxygen atoms in total. The summed E-state index contributed by atoms with van der Waals surface area (Å²) in [5, 5.41) is 0. The van der Waals surface area contributed by atoms with Crippen molar-refractivity contribution in [1.82, 2.24) is 4.90 Å². The molecule has 13 heavy (non-hydrogen) atoms. The van der Waals surface area contributed by atoms with Crippen LogP contribution in [0.3, 0.4) is 0 Å². The molecular weight excluding hydrogens is 162 g/mol. The van der Waals surface area contributed by atoms with Crippen LogP contribution in [-0.4, -0.2) is 25.1 Å². The highest BCUT2D eigenvalue weighted by atomic mass is 16.5. The Labute approximate surface area is 79.1 Å². The van der Waals surface area contributed by atoms with Crippen molar-refractivity contribution in [2.45, 2.75) is 13.2 Å². The molecule has 0 bridgehead atoms. The molecule has 0 aliphatic carbocycles. The molecule has 0 N–H and O–H groups in total. The van der Waals surface area contributed by atoms with Crippen molar-refractivity contribution in [2.24, 2.45) is 0 Å². The molecule has 0 spiro atoms. The summed E-state index contributed by atoms with van der Waals surface area (Å²) >= 11 is 0. The SMILES string of the molecule is CN1CCOCc2ccccc2C1. The Morgan fingerprint density at radius 3 is 2.85 bits per heavy atom. The van der Waals surface area contributed by atoms with Gasteiger partial charge in [0.25, 0.3) is 0 Å². The molecule has 1 aromatic rings. The second-order valence-electron chi connectivity index (χ2n) is 3.56. The second-order valence-corrected chi connectivity index (χ2v) is 3.56. The molecule has 0 fully saturated rings. The van der Waals surface area contributed by atoms with Gasteiger partial charge in [0.05, 0.1) is 13.2 Å². The van der Waals surface area contributed by atoms with E-state index in [2.05, 4.69) is 36.2 Å². The van der Waals surface area contributed by atoms with Gasteiger partial charge < -0.3 is 4.74 Å². The van der Waals surface area contributed by atoms with Crippen molar-refractivity contribution >= 4 is 0 Å². The normalized spacial score (nSPS) is 18.8. The zero-order chi connectivity index (χ0) is 9.10. The predicted molar refractivity (Wildman–Crippen MR) is 52.4 cm³/mol. The maximum absolute atomic E-state index is 5.53. The first-order valence-corrected chi connectivity index (χ1v) is 4.69. The lowest BCUT2D eigenvalue weighted by Crippen LogP contribution is -2.25. The third kappa shape index (κ3) is 2.08. The van der Waals surface area contributed by atoms with Crippen LogP contribution in [0.4, 0.5) is 0 Å². The number of hydrogen-bond donors (Lipinski definition) is 0. The van der Waals surface area contributed by atoms with E-state index in [0.29, 0.717) is 0 Å². The molecule has 0 atom stereocenters. The third-order valence-corrected chi connectivity index (χ3v) is 2.43. The highest BCUT2D eigenvalue weighted by molar-refractivity contribution is 5.26. The molecule has 0 radical (unpaired) electrons. The Bertz CT molecular complexity index is 285. The summed E-state index contributed by atoms with van der Waals surface area (Å²) in [6.45, 7) is 3.67. The molecule has 0 saturated heterocycles. The molecule has 0 aromatic heterocycles. The molecule has 0 amide bonds. The van der Waals surface area contributed by atoms with Gasteiger partial charge in [-0.1, -0.05) is 24.3 Å². The lowest BCUT2D eigenvalue weighted by atomic mass is 10.1. The minimum absolute atomic E-state index is 0.768. The van der Waals surface area contributed by atoms with Crippen LogP contribution in [0.2, 0.25) is 0 Å². The number of ether oxygens (including phenoxy) is 1. The standard InChI is InChI=1S/C11H15NO/c1-12-6-7-13-9-11-5-3-2-4-10(11)8-12/h2-5H,6-9H2,1H3. The van der Waals surface area contributed by atoms with Crippen LogP contribution in [0.1, 0.15) is 11.1 Å². The van der Waals surface area contributed by atoms with Crippen molar-refractivity contribution in [2.75, 3.05) is 20.2 Å². The van der Waals surface area contributed by atoms with Crippen LogP contribution in [0.25, 0.3) is 0 Å². The first-order chi connectivity index (χ1) is 6.36. The minimum Gasteiger partial charge on any atom is -0.375 e. The van der Waals surface area contributed by atoms with Crippen molar-refractivity contribution in [3.63, 3.8) is 0 Å². The van der Waals surface area contributed by atoms with E-state index in [9.17, 15) is 0 Å². The number of hydrogen-bond acceptors (Lipinski definition) is 2. The fourth-order valence-electron chi connectivity index (χ4n) is 1.62. The Morgan fingerprint density at radius 2 is 2.00 bits per heavy atom. The van der Waals surface area contributed by atoms with E-state index in [0.717, 1.165) is 26.3 Å². The lowest BCUT2D eigenvalue weighted by molar-refractivity contribution is 0.0892. The van der Waals surface area contributed by atoms with E-state index in [1.807, 2.05) is 0 Å². The summed E-state index contributed by atoms with van der Waals surface area (Å²) < 4.78 is 5.53. The highest BCUT2D eigenvalue weighted by Crippen LogP contribution is 2.14. The first kappa shape index (κ1) is 8.73. The van der Waals surface area contributed by atoms with Crippen LogP contribution in [-0.2, 0) is 17.9 Å². The Balaban J connectivity index is 2.25. The molecule has 0 unspecified atom stereocenters. The number of nitrogens with zero attached hydrogens (tertiary/aromatic N) is 1. The van der Waals surface area contributed by atoms with Gasteiger partial charge in [-0.15, -0.1) is 0 Å². The topological polar surface area (TPSA) is 12.5 Å². The second kappa shape index (κ2) is 3.90. The zero-order valence-corrected chi connectivity index (χ0v) is 7.99. The summed E-state index contributed by atoms with van der Waals surface area (Å²) in [6, 6.07) is 8.49. The Morgan fingerprint density at radius 1 is 1.23 bits per heavy atom. The summed E-state index contributed by atoms with van der Waals surface area (Å²) in [5.41, 5.74) is 2.72. The van der Waals surface area contributed by atoms with Gasteiger partial charge in [-0.05, 0) is 18.2 Å². The van der Waals surface area contributed by atoms with Gasteiger partial charge in [0, 0.05) is 13.1 Å². The maximum Gasteiger partial charge on any atom is 0.0720 e. The third-order valence-electron chi connectivity index (χ3n) is 2.43. The van der Waals surface area contributed by atoms with Crippen molar-refractivity contribution in [1.29, 1.82) is 0 Å². The molecule has 1 aliphatic rings. The van der Waals surface area contributed by atoms with Crippen molar-refractivity contribution in [3.8, 4) is 0 Å². The fraction of sp³-hybridized carbons (Fsp3) is 0.455. The van der Waals surface area contributed by atoms with E-state index in [-0.39, 0.29) is 0 Å². The summed E-state index contributed by atoms with van der Waals surface area (Å²) in [7, 11) is 2.13. The average molecular weight is 177 g/mol. The minimum atomic E-state index is 0.768. The summed E-state index contributed by atoms with van der Waals surface area (Å²) in [5.74, 6) is 0. The molecule has 0 saturated carbocycles. The quantitative estimate of drug-likeness (QED) is 0.597. The Hall–Kier alpha value is -0.860. The number of fused-ring (bicyclic) bond motifs is 1. The van der Waals surface area contributed by atoms with Gasteiger partial charge in [-0.3, -0.25) is 4.90 Å². The van der Waals surface area contributed by atoms with Crippen molar-refractivity contribution < 1.29 is 4.74 Å². The average Bonchev–Trinajstić information content (AvgIpc) is 2.11. The molecule has 2 heteroatoms. The summed E-state index contributed by atoms with van der Waals surface area (Å²) in [6.07, 6.45) is 0. The molecule has 2 rings (SSSR count). The van der Waals surface area contributed by atoms with Gasteiger partial charge in [-0.25, -0.2) is 0 Å². The van der Waals surface area contributed by atoms with E-state index in [4.69, 9.17) is 4.74 Å². The van der Waals surface area contributed by atoms with Gasteiger partial charge >= 0.3 is 0 Å². The van der Waals surface area contributed by atoms with Crippen molar-refractivity contribution in [3.05, 3.63) is 35.4 Å². The largest absolute Gasteiger partial charge is 0.375 e. The zero-order valence-electron chi connectivity index (χ0n) is 7.99. The van der Waals surface area contributed by atoms with Crippen LogP contribution >= 0.6 is 0 Å². The van der Waals surface area contributed by atoms with Gasteiger partial charge in [0.2, 0.25) is 0 Å². The predicted octanol–water partition coefficient (Wildman–Crippen LogP) is 1.65. The van der Waals surface area contributed by atoms with Crippen LogP contribution in [0, 0.1) is 0 Å². The van der Waals surface area contributed by atoms with E-state index < -0.39 is 0 Å². The summed E-state index contributed by atoms with van der Waals surface area (Å²) in [4.78, 5) is 2.29. The monoisotopic (exact) mass is 177 g/mol. The molecule has 1 aromatic carbocycles. The molecule has 1 heterocycles. The van der Waals surface area contributed by atoms with Crippen LogP contribution in [0.15, 0.2) is 24.3 Å². The highest BCUT2D eigenvalue weighted by Gasteiger charge is 2.08. The fourth-order valence-corrected chi connectivity index (χ4v) is 1.62. The molecule has 70 valence electrons. The van der Waals surface area contributed by atoms with Crippen LogP contribution in [0.5, 0.6) is 0 Å². The molecule has 1 aliphatic heterocycles. The van der Waals surface area contributed by atoms with Crippen LogP contribution < -0.4 is 0 Å². The Kier molecular flexibility index (Phi) is 2.62. The van der Waals surface area contributed by atoms with E-state index in [1.54, 1.807) is 0 Å². The number of benzene rings is 1. The maximum atomic E-state index is 5.53. The van der Waals surface area contributed by atoms with E-state index >= 15 is 0 Å². The molecular formula is C11H15NO. The number of likely N-dealkylation sites (N-methyl/N-ethyl adjacent to an activating group) is 1. The van der Waals surface area contributed by atoms with Gasteiger partial charge in [0.1, 0.15) is 0 Å². The van der Waals surface area contributed by atoms with E-state index in [1.165, 1.54) is 11.1 Å². The number of rotatable bonds is 0. The smallest absolute Gasteiger partial charge is 0.0720 e. The first-order valence-electron chi connectivity index (χ1n) is 4.69. The van der Waals surface area contributed by atoms with Gasteiger partial charge in [-0.2, -0.15) is 0 Å².